The summed E-state index contributed by atoms with van der Waals surface area (Å²) >= 11 is 0. The van der Waals surface area contributed by atoms with Crippen LogP contribution in [0.4, 0.5) is 19.0 Å². The highest BCUT2D eigenvalue weighted by molar-refractivity contribution is 7.89. The predicted molar refractivity (Wildman–Crippen MR) is 66.2 cm³/mol. The molecule has 1 unspecified atom stereocenters. The van der Waals surface area contributed by atoms with Crippen LogP contribution in [0.25, 0.3) is 0 Å². The van der Waals surface area contributed by atoms with E-state index in [1.807, 2.05) is 0 Å². The highest BCUT2D eigenvalue weighted by Crippen LogP contribution is 2.35. The van der Waals surface area contributed by atoms with Crippen molar-refractivity contribution >= 4 is 15.8 Å². The van der Waals surface area contributed by atoms with E-state index in [2.05, 4.69) is 4.98 Å². The van der Waals surface area contributed by atoms with Crippen molar-refractivity contribution in [2.75, 3.05) is 18.8 Å². The van der Waals surface area contributed by atoms with Gasteiger partial charge in [0.25, 0.3) is 0 Å². The molecule has 2 rings (SSSR count). The smallest absolute Gasteiger partial charge is 0.383 e. The molecule has 5 nitrogen and oxygen atoms in total. The molecule has 0 spiro atoms. The Labute approximate surface area is 114 Å². The minimum Gasteiger partial charge on any atom is -0.383 e. The van der Waals surface area contributed by atoms with Gasteiger partial charge in [-0.3, -0.25) is 0 Å². The van der Waals surface area contributed by atoms with Crippen LogP contribution in [0.1, 0.15) is 12.8 Å². The second-order valence-electron chi connectivity index (χ2n) is 4.63. The molecule has 0 aromatic carbocycles. The van der Waals surface area contributed by atoms with E-state index in [1.165, 1.54) is 18.3 Å². The van der Waals surface area contributed by atoms with Crippen molar-refractivity contribution in [1.82, 2.24) is 9.29 Å². The number of anilines is 1. The van der Waals surface area contributed by atoms with Gasteiger partial charge in [-0.15, -0.1) is 0 Å². The molecule has 0 amide bonds. The molecule has 1 aliphatic heterocycles. The van der Waals surface area contributed by atoms with Crippen LogP contribution < -0.4 is 5.73 Å². The van der Waals surface area contributed by atoms with Gasteiger partial charge in [-0.05, 0) is 25.0 Å². The minimum absolute atomic E-state index is 0.0575. The van der Waals surface area contributed by atoms with Crippen molar-refractivity contribution in [2.45, 2.75) is 23.9 Å². The topological polar surface area (TPSA) is 76.3 Å². The van der Waals surface area contributed by atoms with Crippen LogP contribution in [0.3, 0.4) is 0 Å². The first kappa shape index (κ1) is 15.0. The summed E-state index contributed by atoms with van der Waals surface area (Å²) in [4.78, 5) is 3.41. The Morgan fingerprint density at radius 1 is 1.40 bits per heavy atom. The van der Waals surface area contributed by atoms with Crippen LogP contribution in [0.5, 0.6) is 0 Å². The van der Waals surface area contributed by atoms with E-state index in [4.69, 9.17) is 5.73 Å². The van der Waals surface area contributed by atoms with Crippen molar-refractivity contribution in [3.63, 3.8) is 0 Å². The van der Waals surface area contributed by atoms with Crippen LogP contribution >= 0.6 is 0 Å². The zero-order valence-electron chi connectivity index (χ0n) is 10.5. The largest absolute Gasteiger partial charge is 0.393 e. The number of hydrogen-bond acceptors (Lipinski definition) is 4. The quantitative estimate of drug-likeness (QED) is 0.901. The molecule has 0 radical (unpaired) electrons. The number of piperidine rings is 1. The molecule has 1 saturated heterocycles. The summed E-state index contributed by atoms with van der Waals surface area (Å²) in [7, 11) is -4.04. The molecule has 1 fully saturated rings. The first-order valence-corrected chi connectivity index (χ1v) is 7.44. The van der Waals surface area contributed by atoms with Gasteiger partial charge < -0.3 is 5.73 Å². The average Bonchev–Trinajstić information content (AvgIpc) is 2.38. The third-order valence-electron chi connectivity index (χ3n) is 3.26. The fourth-order valence-corrected chi connectivity index (χ4v) is 3.78. The average molecular weight is 309 g/mol. The summed E-state index contributed by atoms with van der Waals surface area (Å²) in [6.45, 7) is -0.511. The van der Waals surface area contributed by atoms with Crippen molar-refractivity contribution in [2.24, 2.45) is 5.92 Å². The zero-order valence-corrected chi connectivity index (χ0v) is 11.3. The van der Waals surface area contributed by atoms with Gasteiger partial charge >= 0.3 is 6.18 Å². The maximum atomic E-state index is 12.7. The Bertz CT molecular complexity index is 589. The van der Waals surface area contributed by atoms with Gasteiger partial charge in [0, 0.05) is 19.3 Å². The third-order valence-corrected chi connectivity index (χ3v) is 5.18. The molecular formula is C11H14F3N3O2S. The lowest BCUT2D eigenvalue weighted by Gasteiger charge is -2.32. The summed E-state index contributed by atoms with van der Waals surface area (Å²) < 4.78 is 63.7. The Morgan fingerprint density at radius 3 is 2.70 bits per heavy atom. The molecular weight excluding hydrogens is 295 g/mol. The van der Waals surface area contributed by atoms with Gasteiger partial charge in [0.05, 0.1) is 5.92 Å². The van der Waals surface area contributed by atoms with E-state index in [9.17, 15) is 21.6 Å². The maximum absolute atomic E-state index is 12.7. The monoisotopic (exact) mass is 309 g/mol. The molecule has 112 valence electrons. The Balaban J connectivity index is 2.29. The number of nitrogens with zero attached hydrogens (tertiary/aromatic N) is 2. The SMILES string of the molecule is Nc1ncccc1S(=O)(=O)N1CCCC(C(F)(F)F)C1. The summed E-state index contributed by atoms with van der Waals surface area (Å²) in [6, 6.07) is 2.63. The van der Waals surface area contributed by atoms with Gasteiger partial charge in [-0.2, -0.15) is 17.5 Å². The van der Waals surface area contributed by atoms with E-state index in [0.717, 1.165) is 4.31 Å². The standard InChI is InChI=1S/C11H14F3N3O2S/c12-11(13,14)8-3-2-6-17(7-8)20(18,19)9-4-1-5-16-10(9)15/h1,4-5,8H,2-3,6-7H2,(H2,15,16). The molecule has 0 aliphatic carbocycles. The number of aromatic nitrogens is 1. The number of nitrogen functional groups attached to an aromatic ring is 1. The van der Waals surface area contributed by atoms with E-state index < -0.39 is 28.7 Å². The van der Waals surface area contributed by atoms with Gasteiger partial charge in [-0.1, -0.05) is 0 Å². The van der Waals surface area contributed by atoms with E-state index in [-0.39, 0.29) is 30.1 Å². The van der Waals surface area contributed by atoms with Crippen LogP contribution in [0.15, 0.2) is 23.2 Å². The maximum Gasteiger partial charge on any atom is 0.393 e. The highest BCUT2D eigenvalue weighted by atomic mass is 32.2. The lowest BCUT2D eigenvalue weighted by atomic mass is 9.99. The lowest BCUT2D eigenvalue weighted by molar-refractivity contribution is -0.182. The third kappa shape index (κ3) is 2.88. The molecule has 0 saturated carbocycles. The van der Waals surface area contributed by atoms with Gasteiger partial charge in [-0.25, -0.2) is 13.4 Å². The number of nitrogens with two attached hydrogens (primary N) is 1. The molecule has 1 aliphatic rings. The number of rotatable bonds is 2. The summed E-state index contributed by atoms with van der Waals surface area (Å²) in [5, 5.41) is 0. The van der Waals surface area contributed by atoms with Crippen molar-refractivity contribution < 1.29 is 21.6 Å². The molecule has 1 atom stereocenters. The van der Waals surface area contributed by atoms with Crippen molar-refractivity contribution in [1.29, 1.82) is 0 Å². The van der Waals surface area contributed by atoms with E-state index in [1.54, 1.807) is 0 Å². The van der Waals surface area contributed by atoms with Gasteiger partial charge in [0.2, 0.25) is 10.0 Å². The van der Waals surface area contributed by atoms with E-state index in [0.29, 0.717) is 0 Å². The summed E-state index contributed by atoms with van der Waals surface area (Å²) in [5.41, 5.74) is 5.49. The Morgan fingerprint density at radius 2 is 2.10 bits per heavy atom. The number of alkyl halides is 3. The fourth-order valence-electron chi connectivity index (χ4n) is 2.19. The summed E-state index contributed by atoms with van der Waals surface area (Å²) in [6.07, 6.45) is -2.96. The number of halogens is 3. The zero-order chi connectivity index (χ0) is 15.0. The van der Waals surface area contributed by atoms with Gasteiger partial charge in [0.15, 0.2) is 0 Å². The van der Waals surface area contributed by atoms with Crippen LogP contribution in [0.2, 0.25) is 0 Å². The molecule has 20 heavy (non-hydrogen) atoms. The second kappa shape index (κ2) is 5.21. The molecule has 1 aromatic heterocycles. The lowest BCUT2D eigenvalue weighted by Crippen LogP contribution is -2.44. The van der Waals surface area contributed by atoms with Crippen molar-refractivity contribution in [3.05, 3.63) is 18.3 Å². The number of pyridine rings is 1. The molecule has 9 heteroatoms. The molecule has 2 heterocycles. The minimum atomic E-state index is -4.39. The molecule has 2 N–H and O–H groups in total. The Hall–Kier alpha value is -1.35. The second-order valence-corrected chi connectivity index (χ2v) is 6.54. The number of hydrogen-bond donors (Lipinski definition) is 1. The fraction of sp³-hybridized carbons (Fsp3) is 0.545. The first-order valence-electron chi connectivity index (χ1n) is 6.00. The van der Waals surface area contributed by atoms with Gasteiger partial charge in [0.1, 0.15) is 10.7 Å². The molecule has 1 aromatic rings. The van der Waals surface area contributed by atoms with Crippen molar-refractivity contribution in [3.8, 4) is 0 Å². The normalized spacial score (nSPS) is 21.9. The summed E-state index contributed by atoms with van der Waals surface area (Å²) in [5.74, 6) is -1.84. The predicted octanol–water partition coefficient (Wildman–Crippen LogP) is 1.63. The highest BCUT2D eigenvalue weighted by Gasteiger charge is 2.44. The van der Waals surface area contributed by atoms with E-state index >= 15 is 0 Å². The van der Waals surface area contributed by atoms with Crippen LogP contribution in [-0.2, 0) is 10.0 Å². The van der Waals surface area contributed by atoms with Crippen LogP contribution in [-0.4, -0.2) is 37.0 Å². The number of sulfonamides is 1. The molecule has 0 bridgehead atoms. The Kier molecular flexibility index (Phi) is 3.92. The van der Waals surface area contributed by atoms with Crippen LogP contribution in [0, 0.1) is 5.92 Å². The first-order chi connectivity index (χ1) is 9.23.